The van der Waals surface area contributed by atoms with E-state index in [1.54, 1.807) is 31.3 Å². The number of guanidine groups is 1. The van der Waals surface area contributed by atoms with Crippen LogP contribution in [0.25, 0.3) is 0 Å². The van der Waals surface area contributed by atoms with Crippen molar-refractivity contribution >= 4 is 40.0 Å². The quantitative estimate of drug-likeness (QED) is 0.269. The highest BCUT2D eigenvalue weighted by Crippen LogP contribution is 2.18. The number of nitrogens with one attached hydrogen (secondary N) is 2. The molecule has 1 unspecified atom stereocenters. The van der Waals surface area contributed by atoms with Gasteiger partial charge in [-0.1, -0.05) is 38.1 Å². The van der Waals surface area contributed by atoms with E-state index < -0.39 is 10.0 Å². The Morgan fingerprint density at radius 3 is 2.12 bits per heavy atom. The van der Waals surface area contributed by atoms with Gasteiger partial charge in [0, 0.05) is 27.7 Å². The van der Waals surface area contributed by atoms with E-state index in [1.165, 1.54) is 18.4 Å². The number of nitrogens with zero attached hydrogens (tertiary/aromatic N) is 2. The molecule has 0 aromatic heterocycles. The number of hydrogen-bond acceptors (Lipinski definition) is 4. The van der Waals surface area contributed by atoms with Gasteiger partial charge in [0.05, 0.1) is 17.5 Å². The van der Waals surface area contributed by atoms with E-state index in [0.29, 0.717) is 25.0 Å². The second-order valence-corrected chi connectivity index (χ2v) is 10.1. The summed E-state index contributed by atoms with van der Waals surface area (Å²) in [5.41, 5.74) is 2.08. The molecule has 0 saturated heterocycles. The van der Waals surface area contributed by atoms with Crippen LogP contribution in [0, 0.1) is 5.92 Å². The Hall–Kier alpha value is -1.85. The number of hydrogen-bond donors (Lipinski definition) is 2. The molecular weight excluding hydrogens is 539 g/mol. The first-order valence-electron chi connectivity index (χ1n) is 10.3. The fraction of sp³-hybridized carbons (Fsp3) is 0.435. The van der Waals surface area contributed by atoms with Crippen molar-refractivity contribution in [1.82, 2.24) is 14.9 Å². The molecule has 0 amide bonds. The molecule has 0 radical (unpaired) electrons. The van der Waals surface area contributed by atoms with Crippen LogP contribution in [0.4, 0.5) is 0 Å². The summed E-state index contributed by atoms with van der Waals surface area (Å²) in [6, 6.07) is 15.0. The first kappa shape index (κ1) is 28.2. The average Bonchev–Trinajstić information content (AvgIpc) is 2.75. The standard InChI is InChI=1S/C23H34N4O3S.HI/c1-17(2)16-30-21-11-9-20(10-12-21)18(3)26-23(24-4)25-15-19-7-13-22(14-8-19)31(28,29)27(5)6;/h7-14,17-18H,15-16H2,1-6H3,(H2,24,25,26);1H. The summed E-state index contributed by atoms with van der Waals surface area (Å²) in [6.07, 6.45) is 0. The fourth-order valence-electron chi connectivity index (χ4n) is 2.77. The first-order valence-corrected chi connectivity index (χ1v) is 11.8. The lowest BCUT2D eigenvalue weighted by Crippen LogP contribution is -2.38. The maximum absolute atomic E-state index is 12.2. The van der Waals surface area contributed by atoms with Gasteiger partial charge < -0.3 is 15.4 Å². The molecule has 2 aromatic rings. The molecule has 0 aliphatic rings. The van der Waals surface area contributed by atoms with Gasteiger partial charge in [0.2, 0.25) is 10.0 Å². The summed E-state index contributed by atoms with van der Waals surface area (Å²) in [4.78, 5) is 4.56. The highest BCUT2D eigenvalue weighted by molar-refractivity contribution is 14.0. The maximum atomic E-state index is 12.2. The van der Waals surface area contributed by atoms with Crippen molar-refractivity contribution in [2.45, 2.75) is 38.3 Å². The molecule has 1 atom stereocenters. The normalized spacial score (nSPS) is 12.9. The summed E-state index contributed by atoms with van der Waals surface area (Å²) < 4.78 is 31.3. The van der Waals surface area contributed by atoms with Gasteiger partial charge in [-0.15, -0.1) is 24.0 Å². The zero-order valence-electron chi connectivity index (χ0n) is 19.6. The summed E-state index contributed by atoms with van der Waals surface area (Å²) in [7, 11) is 1.34. The first-order chi connectivity index (χ1) is 14.6. The van der Waals surface area contributed by atoms with Crippen LogP contribution in [0.5, 0.6) is 5.75 Å². The Labute approximate surface area is 209 Å². The topological polar surface area (TPSA) is 83.0 Å². The van der Waals surface area contributed by atoms with E-state index in [0.717, 1.165) is 16.9 Å². The molecule has 0 aliphatic carbocycles. The SMILES string of the molecule is CN=C(NCc1ccc(S(=O)(=O)N(C)C)cc1)NC(C)c1ccc(OCC(C)C)cc1.I. The number of sulfonamides is 1. The molecule has 2 rings (SSSR count). The molecule has 0 bridgehead atoms. The number of ether oxygens (including phenoxy) is 1. The number of aliphatic imine (C=N–C) groups is 1. The van der Waals surface area contributed by atoms with E-state index in [1.807, 2.05) is 24.3 Å². The van der Waals surface area contributed by atoms with Gasteiger partial charge in [-0.05, 0) is 48.2 Å². The van der Waals surface area contributed by atoms with Crippen molar-refractivity contribution in [3.63, 3.8) is 0 Å². The van der Waals surface area contributed by atoms with Gasteiger partial charge in [0.15, 0.2) is 5.96 Å². The van der Waals surface area contributed by atoms with Crippen LogP contribution in [-0.2, 0) is 16.6 Å². The second kappa shape index (κ2) is 13.0. The van der Waals surface area contributed by atoms with Gasteiger partial charge in [0.25, 0.3) is 0 Å². The van der Waals surface area contributed by atoms with Gasteiger partial charge in [0.1, 0.15) is 5.75 Å². The molecule has 0 aliphatic heterocycles. The van der Waals surface area contributed by atoms with Crippen LogP contribution in [0.1, 0.15) is 37.9 Å². The van der Waals surface area contributed by atoms with Gasteiger partial charge >= 0.3 is 0 Å². The third-order valence-electron chi connectivity index (χ3n) is 4.70. The van der Waals surface area contributed by atoms with Crippen LogP contribution in [0.3, 0.4) is 0 Å². The summed E-state index contributed by atoms with van der Waals surface area (Å²) >= 11 is 0. The minimum absolute atomic E-state index is 0. The van der Waals surface area contributed by atoms with Crippen LogP contribution in [-0.4, -0.2) is 46.4 Å². The van der Waals surface area contributed by atoms with Crippen LogP contribution >= 0.6 is 24.0 Å². The molecule has 0 fully saturated rings. The number of benzene rings is 2. The minimum Gasteiger partial charge on any atom is -0.493 e. The summed E-state index contributed by atoms with van der Waals surface area (Å²) in [5.74, 6) is 2.02. The highest BCUT2D eigenvalue weighted by Gasteiger charge is 2.16. The van der Waals surface area contributed by atoms with Crippen molar-refractivity contribution < 1.29 is 13.2 Å². The lowest BCUT2D eigenvalue weighted by Gasteiger charge is -2.19. The van der Waals surface area contributed by atoms with Crippen molar-refractivity contribution in [1.29, 1.82) is 0 Å². The maximum Gasteiger partial charge on any atom is 0.242 e. The van der Waals surface area contributed by atoms with Crippen molar-refractivity contribution in [3.8, 4) is 5.75 Å². The minimum atomic E-state index is -3.42. The Balaban J connectivity index is 0.00000512. The molecule has 9 heteroatoms. The lowest BCUT2D eigenvalue weighted by atomic mass is 10.1. The van der Waals surface area contributed by atoms with Crippen LogP contribution in [0.2, 0.25) is 0 Å². The fourth-order valence-corrected chi connectivity index (χ4v) is 3.68. The Bertz CT molecular complexity index is 960. The summed E-state index contributed by atoms with van der Waals surface area (Å²) in [6.45, 7) is 7.54. The Kier molecular flexibility index (Phi) is 11.5. The molecule has 32 heavy (non-hydrogen) atoms. The third kappa shape index (κ3) is 8.25. The van der Waals surface area contributed by atoms with Crippen LogP contribution < -0.4 is 15.4 Å². The monoisotopic (exact) mass is 574 g/mol. The molecule has 2 aromatic carbocycles. The van der Waals surface area contributed by atoms with Gasteiger partial charge in [-0.2, -0.15) is 0 Å². The predicted octanol–water partition coefficient (Wildman–Crippen LogP) is 4.02. The number of halogens is 1. The van der Waals surface area contributed by atoms with Crippen molar-refractivity contribution in [3.05, 3.63) is 59.7 Å². The molecule has 7 nitrogen and oxygen atoms in total. The molecule has 0 saturated carbocycles. The lowest BCUT2D eigenvalue weighted by molar-refractivity contribution is 0.271. The molecule has 0 spiro atoms. The number of rotatable bonds is 9. The Morgan fingerprint density at radius 1 is 1.03 bits per heavy atom. The van der Waals surface area contributed by atoms with E-state index >= 15 is 0 Å². The highest BCUT2D eigenvalue weighted by atomic mass is 127. The van der Waals surface area contributed by atoms with Gasteiger partial charge in [-0.25, -0.2) is 12.7 Å². The van der Waals surface area contributed by atoms with Crippen LogP contribution in [0.15, 0.2) is 58.4 Å². The molecule has 0 heterocycles. The van der Waals surface area contributed by atoms with Crippen molar-refractivity contribution in [2.24, 2.45) is 10.9 Å². The van der Waals surface area contributed by atoms with E-state index in [2.05, 4.69) is 36.4 Å². The second-order valence-electron chi connectivity index (χ2n) is 8.00. The smallest absolute Gasteiger partial charge is 0.242 e. The van der Waals surface area contributed by atoms with E-state index in [-0.39, 0.29) is 34.9 Å². The zero-order chi connectivity index (χ0) is 23.0. The van der Waals surface area contributed by atoms with Crippen molar-refractivity contribution in [2.75, 3.05) is 27.7 Å². The Morgan fingerprint density at radius 2 is 1.62 bits per heavy atom. The molecule has 178 valence electrons. The van der Waals surface area contributed by atoms with E-state index in [4.69, 9.17) is 4.74 Å². The molecule has 2 N–H and O–H groups in total. The average molecular weight is 575 g/mol. The third-order valence-corrected chi connectivity index (χ3v) is 6.53. The zero-order valence-corrected chi connectivity index (χ0v) is 22.8. The summed E-state index contributed by atoms with van der Waals surface area (Å²) in [5, 5.41) is 6.63. The predicted molar refractivity (Wildman–Crippen MR) is 141 cm³/mol. The van der Waals surface area contributed by atoms with Gasteiger partial charge in [-0.3, -0.25) is 4.99 Å². The largest absolute Gasteiger partial charge is 0.493 e. The molecular formula is C23H35IN4O3S. The van der Waals surface area contributed by atoms with E-state index in [9.17, 15) is 8.42 Å².